The fourth-order valence-electron chi connectivity index (χ4n) is 2.36. The first-order chi connectivity index (χ1) is 12.1. The predicted octanol–water partition coefficient (Wildman–Crippen LogP) is 4.63. The molecule has 0 bridgehead atoms. The smallest absolute Gasteiger partial charge is 0.260 e. The van der Waals surface area contributed by atoms with Gasteiger partial charge in [-0.1, -0.05) is 35.9 Å². The Kier molecular flexibility index (Phi) is 5.26. The summed E-state index contributed by atoms with van der Waals surface area (Å²) in [6, 6.07) is 20.6. The number of amides is 1. The van der Waals surface area contributed by atoms with Gasteiger partial charge in [0.1, 0.15) is 5.76 Å². The molecule has 1 aromatic heterocycles. The van der Waals surface area contributed by atoms with Crippen molar-refractivity contribution in [3.05, 3.63) is 89.9 Å². The quantitative estimate of drug-likeness (QED) is 0.697. The molecule has 3 rings (SSSR count). The third-order valence-electron chi connectivity index (χ3n) is 3.71. The number of thiocarbonyl (C=S) groups is 1. The summed E-state index contributed by atoms with van der Waals surface area (Å²) < 4.78 is 5.39. The number of nitrogens with zero attached hydrogens (tertiary/aromatic N) is 1. The molecule has 4 nitrogen and oxygen atoms in total. The lowest BCUT2D eigenvalue weighted by atomic mass is 10.1. The maximum atomic E-state index is 13.0. The molecule has 2 aromatic carbocycles. The van der Waals surface area contributed by atoms with Gasteiger partial charge in [-0.3, -0.25) is 9.69 Å². The maximum Gasteiger partial charge on any atom is 0.260 e. The van der Waals surface area contributed by atoms with E-state index in [9.17, 15) is 4.79 Å². The number of hydrogen-bond donors (Lipinski definition) is 1. The van der Waals surface area contributed by atoms with Crippen molar-refractivity contribution >= 4 is 28.9 Å². The standard InChI is InChI=1S/C20H18N2O2S/c1-15-9-11-16(12-10-15)19(23)22(14-18-8-5-13-24-18)20(25)21-17-6-3-2-4-7-17/h2-13H,14H2,1H3,(H,21,25). The second kappa shape index (κ2) is 7.77. The highest BCUT2D eigenvalue weighted by molar-refractivity contribution is 7.80. The van der Waals surface area contributed by atoms with E-state index in [2.05, 4.69) is 5.32 Å². The van der Waals surface area contributed by atoms with E-state index in [0.29, 0.717) is 16.4 Å². The van der Waals surface area contributed by atoms with Gasteiger partial charge in [-0.05, 0) is 55.5 Å². The number of carbonyl (C=O) groups is 1. The van der Waals surface area contributed by atoms with Crippen molar-refractivity contribution < 1.29 is 9.21 Å². The summed E-state index contributed by atoms with van der Waals surface area (Å²) >= 11 is 5.48. The molecule has 1 N–H and O–H groups in total. The molecular formula is C20H18N2O2S. The van der Waals surface area contributed by atoms with Gasteiger partial charge >= 0.3 is 0 Å². The minimum atomic E-state index is -0.176. The van der Waals surface area contributed by atoms with Crippen molar-refractivity contribution in [2.75, 3.05) is 5.32 Å². The molecule has 0 aliphatic heterocycles. The molecule has 0 radical (unpaired) electrons. The van der Waals surface area contributed by atoms with Crippen LogP contribution in [0.4, 0.5) is 5.69 Å². The van der Waals surface area contributed by atoms with E-state index in [0.717, 1.165) is 11.3 Å². The Morgan fingerprint density at radius 2 is 1.76 bits per heavy atom. The molecule has 0 fully saturated rings. The van der Waals surface area contributed by atoms with Gasteiger partial charge in [0, 0.05) is 11.3 Å². The van der Waals surface area contributed by atoms with Gasteiger partial charge in [0.25, 0.3) is 5.91 Å². The van der Waals surface area contributed by atoms with Crippen LogP contribution in [0.1, 0.15) is 21.7 Å². The number of para-hydroxylation sites is 1. The zero-order valence-electron chi connectivity index (χ0n) is 13.8. The largest absolute Gasteiger partial charge is 0.467 e. The Morgan fingerprint density at radius 1 is 1.04 bits per heavy atom. The van der Waals surface area contributed by atoms with Crippen LogP contribution in [0.25, 0.3) is 0 Å². The average molecular weight is 350 g/mol. The minimum absolute atomic E-state index is 0.176. The van der Waals surface area contributed by atoms with E-state index in [1.165, 1.54) is 4.90 Å². The van der Waals surface area contributed by atoms with Crippen LogP contribution < -0.4 is 5.32 Å². The van der Waals surface area contributed by atoms with E-state index in [1.54, 1.807) is 24.5 Å². The topological polar surface area (TPSA) is 45.5 Å². The summed E-state index contributed by atoms with van der Waals surface area (Å²) in [6.07, 6.45) is 1.58. The zero-order chi connectivity index (χ0) is 17.6. The van der Waals surface area contributed by atoms with Gasteiger partial charge in [0.05, 0.1) is 12.8 Å². The van der Waals surface area contributed by atoms with Crippen molar-refractivity contribution in [2.24, 2.45) is 0 Å². The molecule has 0 unspecified atom stereocenters. The molecule has 0 saturated carbocycles. The van der Waals surface area contributed by atoms with Crippen LogP contribution in [0.3, 0.4) is 0 Å². The van der Waals surface area contributed by atoms with E-state index in [4.69, 9.17) is 16.6 Å². The molecular weight excluding hydrogens is 332 g/mol. The lowest BCUT2D eigenvalue weighted by molar-refractivity contribution is 0.0835. The van der Waals surface area contributed by atoms with Crippen LogP contribution in [0.2, 0.25) is 0 Å². The highest BCUT2D eigenvalue weighted by Crippen LogP contribution is 2.15. The molecule has 0 spiro atoms. The van der Waals surface area contributed by atoms with Gasteiger partial charge in [0.2, 0.25) is 0 Å². The number of nitrogens with one attached hydrogen (secondary N) is 1. The van der Waals surface area contributed by atoms with Crippen molar-refractivity contribution in [3.8, 4) is 0 Å². The van der Waals surface area contributed by atoms with Crippen molar-refractivity contribution in [1.82, 2.24) is 4.90 Å². The molecule has 5 heteroatoms. The number of anilines is 1. The number of benzene rings is 2. The van der Waals surface area contributed by atoms with E-state index in [1.807, 2.05) is 55.5 Å². The molecule has 0 atom stereocenters. The van der Waals surface area contributed by atoms with E-state index < -0.39 is 0 Å². The van der Waals surface area contributed by atoms with E-state index >= 15 is 0 Å². The molecule has 0 aliphatic carbocycles. The van der Waals surface area contributed by atoms with Crippen molar-refractivity contribution in [2.45, 2.75) is 13.5 Å². The molecule has 0 aliphatic rings. The number of hydrogen-bond acceptors (Lipinski definition) is 3. The van der Waals surface area contributed by atoms with Gasteiger partial charge in [-0.2, -0.15) is 0 Å². The number of aryl methyl sites for hydroxylation is 1. The first-order valence-electron chi connectivity index (χ1n) is 7.90. The van der Waals surface area contributed by atoms with Gasteiger partial charge in [0.15, 0.2) is 5.11 Å². The maximum absolute atomic E-state index is 13.0. The highest BCUT2D eigenvalue weighted by atomic mass is 32.1. The second-order valence-corrected chi connectivity index (χ2v) is 6.02. The third-order valence-corrected chi connectivity index (χ3v) is 4.03. The minimum Gasteiger partial charge on any atom is -0.467 e. The summed E-state index contributed by atoms with van der Waals surface area (Å²) in [7, 11) is 0. The normalized spacial score (nSPS) is 10.3. The van der Waals surface area contributed by atoms with Gasteiger partial charge in [-0.25, -0.2) is 0 Å². The number of furan rings is 1. The zero-order valence-corrected chi connectivity index (χ0v) is 14.6. The fraction of sp³-hybridized carbons (Fsp3) is 0.100. The predicted molar refractivity (Wildman–Crippen MR) is 102 cm³/mol. The summed E-state index contributed by atoms with van der Waals surface area (Å²) in [6.45, 7) is 2.24. The van der Waals surface area contributed by atoms with Gasteiger partial charge in [-0.15, -0.1) is 0 Å². The molecule has 25 heavy (non-hydrogen) atoms. The number of carbonyl (C=O) groups excluding carboxylic acids is 1. The van der Waals surface area contributed by atoms with Crippen LogP contribution in [-0.2, 0) is 6.54 Å². The molecule has 3 aromatic rings. The van der Waals surface area contributed by atoms with Crippen LogP contribution in [0.5, 0.6) is 0 Å². The fourth-order valence-corrected chi connectivity index (χ4v) is 2.62. The van der Waals surface area contributed by atoms with Crippen LogP contribution >= 0.6 is 12.2 Å². The SMILES string of the molecule is Cc1ccc(C(=O)N(Cc2ccco2)C(=S)Nc2ccccc2)cc1. The lowest BCUT2D eigenvalue weighted by Gasteiger charge is -2.23. The Morgan fingerprint density at radius 3 is 2.40 bits per heavy atom. The lowest BCUT2D eigenvalue weighted by Crippen LogP contribution is -2.39. The van der Waals surface area contributed by atoms with Gasteiger partial charge < -0.3 is 9.73 Å². The summed E-state index contributed by atoms with van der Waals surface area (Å²) in [5, 5.41) is 3.44. The van der Waals surface area contributed by atoms with Crippen molar-refractivity contribution in [3.63, 3.8) is 0 Å². The highest BCUT2D eigenvalue weighted by Gasteiger charge is 2.21. The Bertz CT molecular complexity index is 843. The average Bonchev–Trinajstić information content (AvgIpc) is 3.14. The Labute approximate surface area is 152 Å². The second-order valence-electron chi connectivity index (χ2n) is 5.63. The molecule has 1 heterocycles. The summed E-state index contributed by atoms with van der Waals surface area (Å²) in [5.74, 6) is 0.488. The number of rotatable bonds is 4. The third kappa shape index (κ3) is 4.33. The molecule has 0 saturated heterocycles. The first kappa shape index (κ1) is 16.9. The summed E-state index contributed by atoms with van der Waals surface area (Å²) in [5.41, 5.74) is 2.50. The molecule has 1 amide bonds. The van der Waals surface area contributed by atoms with Crippen LogP contribution in [0, 0.1) is 6.92 Å². The van der Waals surface area contributed by atoms with Crippen molar-refractivity contribution in [1.29, 1.82) is 0 Å². The first-order valence-corrected chi connectivity index (χ1v) is 8.31. The monoisotopic (exact) mass is 350 g/mol. The Hall–Kier alpha value is -2.92. The Balaban J connectivity index is 1.84. The summed E-state index contributed by atoms with van der Waals surface area (Å²) in [4.78, 5) is 14.5. The van der Waals surface area contributed by atoms with E-state index in [-0.39, 0.29) is 12.5 Å². The molecule has 126 valence electrons. The van der Waals surface area contributed by atoms with Crippen LogP contribution in [-0.4, -0.2) is 15.9 Å². The van der Waals surface area contributed by atoms with Crippen LogP contribution in [0.15, 0.2) is 77.4 Å².